The SMILES string of the molecule is CC1CC(C(C)(C)C)CC1[C@@H](C)C1C2CCC(C(C)(C)C)CC2C2CC(C(C)(C)C)CCC21.CCC. The highest BCUT2D eigenvalue weighted by molar-refractivity contribution is 5.06. The molecule has 4 aliphatic rings. The van der Waals surface area contributed by atoms with E-state index in [-0.39, 0.29) is 0 Å². The maximum atomic E-state index is 2.74. The monoisotopic (exact) mass is 501 g/mol. The average Bonchev–Trinajstić information content (AvgIpc) is 3.30. The molecular formula is C36H68. The van der Waals surface area contributed by atoms with Gasteiger partial charge in [0.1, 0.15) is 0 Å². The third-order valence-corrected chi connectivity index (χ3v) is 12.3. The Bertz CT molecular complexity index is 642. The second-order valence-corrected chi connectivity index (χ2v) is 17.7. The van der Waals surface area contributed by atoms with Crippen LogP contribution in [0.25, 0.3) is 0 Å². The summed E-state index contributed by atoms with van der Waals surface area (Å²) < 4.78 is 0. The summed E-state index contributed by atoms with van der Waals surface area (Å²) in [6.45, 7) is 32.2. The van der Waals surface area contributed by atoms with E-state index in [1.165, 1.54) is 32.1 Å². The zero-order valence-electron chi connectivity index (χ0n) is 27.2. The molecule has 0 N–H and O–H groups in total. The molecule has 0 aliphatic heterocycles. The van der Waals surface area contributed by atoms with Crippen LogP contribution in [-0.4, -0.2) is 0 Å². The maximum Gasteiger partial charge on any atom is -0.0323 e. The lowest BCUT2D eigenvalue weighted by atomic mass is 9.61. The molecule has 0 amide bonds. The summed E-state index contributed by atoms with van der Waals surface area (Å²) in [5, 5.41) is 0. The third-order valence-electron chi connectivity index (χ3n) is 12.3. The number of hydrogen-bond donors (Lipinski definition) is 0. The van der Waals surface area contributed by atoms with Crippen LogP contribution in [0.4, 0.5) is 0 Å². The van der Waals surface area contributed by atoms with Crippen LogP contribution in [-0.2, 0) is 0 Å². The van der Waals surface area contributed by atoms with Gasteiger partial charge in [0.25, 0.3) is 0 Å². The predicted molar refractivity (Wildman–Crippen MR) is 161 cm³/mol. The standard InChI is InChI=1S/C33H60.C3H8/c1-20-16-24(33(9,10)11)19-27(20)21(2)30-25-14-12-22(31(3,4)5)17-28(25)29-18-23(32(6,7)8)13-15-26(29)30;1-3-2/h20-30H,12-19H2,1-11H3;3H2,1-2H3/t20?,21-,22?,23?,24?,25?,26?,27?,28?,29?,30?;/m1./s1. The van der Waals surface area contributed by atoms with Crippen LogP contribution < -0.4 is 0 Å². The highest BCUT2D eigenvalue weighted by Gasteiger charge is 2.57. The van der Waals surface area contributed by atoms with E-state index < -0.39 is 0 Å². The molecular weight excluding hydrogens is 432 g/mol. The van der Waals surface area contributed by atoms with E-state index in [1.54, 1.807) is 25.7 Å². The van der Waals surface area contributed by atoms with E-state index >= 15 is 0 Å². The van der Waals surface area contributed by atoms with Crippen molar-refractivity contribution in [3.05, 3.63) is 0 Å². The molecule has 0 heterocycles. The van der Waals surface area contributed by atoms with Crippen molar-refractivity contribution in [3.63, 3.8) is 0 Å². The van der Waals surface area contributed by atoms with Crippen LogP contribution in [0.1, 0.15) is 148 Å². The first-order chi connectivity index (χ1) is 16.5. The molecule has 0 aromatic carbocycles. The lowest BCUT2D eigenvalue weighted by molar-refractivity contribution is 0.0542. The topological polar surface area (TPSA) is 0 Å². The lowest BCUT2D eigenvalue weighted by Gasteiger charge is -2.44. The van der Waals surface area contributed by atoms with Crippen molar-refractivity contribution >= 4 is 0 Å². The van der Waals surface area contributed by atoms with Crippen LogP contribution in [0, 0.1) is 81.3 Å². The Morgan fingerprint density at radius 3 is 1.28 bits per heavy atom. The van der Waals surface area contributed by atoms with Gasteiger partial charge in [0.2, 0.25) is 0 Å². The van der Waals surface area contributed by atoms with Gasteiger partial charge in [-0.05, 0) is 133 Å². The zero-order valence-corrected chi connectivity index (χ0v) is 27.2. The molecule has 0 spiro atoms. The molecule has 4 rings (SSSR count). The Labute approximate surface area is 228 Å². The second-order valence-electron chi connectivity index (χ2n) is 17.7. The molecule has 0 aromatic rings. The summed E-state index contributed by atoms with van der Waals surface area (Å²) in [7, 11) is 0. The first-order valence-electron chi connectivity index (χ1n) is 16.5. The molecule has 212 valence electrons. The average molecular weight is 501 g/mol. The van der Waals surface area contributed by atoms with E-state index in [2.05, 4.69) is 90.0 Å². The van der Waals surface area contributed by atoms with Crippen molar-refractivity contribution in [2.24, 2.45) is 81.3 Å². The van der Waals surface area contributed by atoms with E-state index in [4.69, 9.17) is 0 Å². The van der Waals surface area contributed by atoms with Crippen LogP contribution in [0.3, 0.4) is 0 Å². The molecule has 0 heteroatoms. The molecule has 0 nitrogen and oxygen atoms in total. The first-order valence-corrected chi connectivity index (χ1v) is 16.5. The molecule has 4 aliphatic carbocycles. The van der Waals surface area contributed by atoms with Crippen molar-refractivity contribution < 1.29 is 0 Å². The number of hydrogen-bond acceptors (Lipinski definition) is 0. The van der Waals surface area contributed by atoms with E-state index in [1.807, 2.05) is 0 Å². The quantitative estimate of drug-likeness (QED) is 0.353. The summed E-state index contributed by atoms with van der Waals surface area (Å²) in [4.78, 5) is 0. The Morgan fingerprint density at radius 1 is 0.556 bits per heavy atom. The van der Waals surface area contributed by atoms with Crippen LogP contribution in [0.2, 0.25) is 0 Å². The number of rotatable bonds is 2. The second kappa shape index (κ2) is 11.2. The molecule has 10 atom stereocenters. The smallest absolute Gasteiger partial charge is 0.0323 e. The Hall–Kier alpha value is 0. The fourth-order valence-corrected chi connectivity index (χ4v) is 10.1. The van der Waals surface area contributed by atoms with E-state index in [9.17, 15) is 0 Å². The summed E-state index contributed by atoms with van der Waals surface area (Å²) in [6.07, 6.45) is 13.4. The van der Waals surface area contributed by atoms with Gasteiger partial charge in [-0.2, -0.15) is 0 Å². The van der Waals surface area contributed by atoms with Gasteiger partial charge in [0.05, 0.1) is 0 Å². The van der Waals surface area contributed by atoms with Crippen molar-refractivity contribution in [2.75, 3.05) is 0 Å². The van der Waals surface area contributed by atoms with Crippen LogP contribution in [0.15, 0.2) is 0 Å². The van der Waals surface area contributed by atoms with Gasteiger partial charge in [-0.15, -0.1) is 0 Å². The molecule has 36 heavy (non-hydrogen) atoms. The summed E-state index contributed by atoms with van der Waals surface area (Å²) >= 11 is 0. The van der Waals surface area contributed by atoms with E-state index in [0.717, 1.165) is 65.1 Å². The van der Waals surface area contributed by atoms with Crippen LogP contribution in [0.5, 0.6) is 0 Å². The highest BCUT2D eigenvalue weighted by atomic mass is 14.6. The molecule has 0 bridgehead atoms. The third kappa shape index (κ3) is 6.41. The molecule has 0 aromatic heterocycles. The van der Waals surface area contributed by atoms with Crippen molar-refractivity contribution in [2.45, 2.75) is 148 Å². The maximum absolute atomic E-state index is 2.74. The molecule has 0 radical (unpaired) electrons. The lowest BCUT2D eigenvalue weighted by Crippen LogP contribution is -2.35. The van der Waals surface area contributed by atoms with Gasteiger partial charge < -0.3 is 0 Å². The summed E-state index contributed by atoms with van der Waals surface area (Å²) in [5.74, 6) is 10.8. The Balaban J connectivity index is 0.00000115. The van der Waals surface area contributed by atoms with Gasteiger partial charge >= 0.3 is 0 Å². The van der Waals surface area contributed by atoms with Gasteiger partial charge in [0.15, 0.2) is 0 Å². The Kier molecular flexibility index (Phi) is 9.53. The fraction of sp³-hybridized carbons (Fsp3) is 1.00. The molecule has 0 saturated heterocycles. The largest absolute Gasteiger partial charge is 0.0656 e. The van der Waals surface area contributed by atoms with Gasteiger partial charge in [0, 0.05) is 0 Å². The first kappa shape index (κ1) is 30.5. The zero-order chi connectivity index (χ0) is 27.2. The minimum absolute atomic E-state index is 0.485. The summed E-state index contributed by atoms with van der Waals surface area (Å²) in [6, 6.07) is 0. The van der Waals surface area contributed by atoms with Crippen LogP contribution >= 0.6 is 0 Å². The Morgan fingerprint density at radius 2 is 0.944 bits per heavy atom. The predicted octanol–water partition coefficient (Wildman–Crippen LogP) is 11.5. The minimum Gasteiger partial charge on any atom is -0.0656 e. The summed E-state index contributed by atoms with van der Waals surface area (Å²) in [5.41, 5.74) is 1.46. The minimum atomic E-state index is 0.485. The fourth-order valence-electron chi connectivity index (χ4n) is 10.1. The molecule has 9 unspecified atom stereocenters. The van der Waals surface area contributed by atoms with Gasteiger partial charge in [-0.25, -0.2) is 0 Å². The molecule has 4 saturated carbocycles. The number of fused-ring (bicyclic) bond motifs is 3. The highest BCUT2D eigenvalue weighted by Crippen LogP contribution is 2.65. The van der Waals surface area contributed by atoms with Gasteiger partial charge in [-0.1, -0.05) is 96.4 Å². The van der Waals surface area contributed by atoms with E-state index in [0.29, 0.717) is 16.2 Å². The normalized spacial score (nSPS) is 42.2. The van der Waals surface area contributed by atoms with Gasteiger partial charge in [-0.3, -0.25) is 0 Å². The molecule has 4 fully saturated rings. The van der Waals surface area contributed by atoms with Crippen molar-refractivity contribution in [1.29, 1.82) is 0 Å². The van der Waals surface area contributed by atoms with Crippen molar-refractivity contribution in [3.8, 4) is 0 Å². The van der Waals surface area contributed by atoms with Crippen molar-refractivity contribution in [1.82, 2.24) is 0 Å².